The van der Waals surface area contributed by atoms with Crippen molar-refractivity contribution in [2.45, 2.75) is 12.8 Å². The van der Waals surface area contributed by atoms with Gasteiger partial charge in [0.25, 0.3) is 0 Å². The molecule has 3 N–H and O–H groups in total. The minimum atomic E-state index is 0.270. The summed E-state index contributed by atoms with van der Waals surface area (Å²) in [6.45, 7) is 0. The van der Waals surface area contributed by atoms with E-state index < -0.39 is 0 Å². The molecule has 0 atom stereocenters. The largest absolute Gasteiger partial charge is 0.508 e. The number of anilines is 4. The summed E-state index contributed by atoms with van der Waals surface area (Å²) in [6, 6.07) is 7.35. The van der Waals surface area contributed by atoms with Gasteiger partial charge in [-0.15, -0.1) is 0 Å². The summed E-state index contributed by atoms with van der Waals surface area (Å²) in [7, 11) is 0. The normalized spacial score (nSPS) is 12.9. The average Bonchev–Trinajstić information content (AvgIpc) is 2.58. The third-order valence-electron chi connectivity index (χ3n) is 3.82. The number of aromatic hydroxyl groups is 1. The summed E-state index contributed by atoms with van der Waals surface area (Å²) < 4.78 is 0. The molecule has 0 aliphatic carbocycles. The summed E-state index contributed by atoms with van der Waals surface area (Å²) in [5, 5.41) is 16.8. The predicted molar refractivity (Wildman–Crippen MR) is 93.4 cm³/mol. The quantitative estimate of drug-likeness (QED) is 0.540. The molecule has 3 aromatic rings. The second-order valence-corrected chi connectivity index (χ2v) is 5.97. The van der Waals surface area contributed by atoms with E-state index in [0.717, 1.165) is 28.9 Å². The number of benzene rings is 1. The van der Waals surface area contributed by atoms with Crippen molar-refractivity contribution in [3.8, 4) is 5.75 Å². The van der Waals surface area contributed by atoms with E-state index in [0.29, 0.717) is 23.2 Å². The molecule has 0 amide bonds. The van der Waals surface area contributed by atoms with Crippen LogP contribution in [0.3, 0.4) is 0 Å². The summed E-state index contributed by atoms with van der Waals surface area (Å²) in [5.41, 5.74) is 3.52. The van der Waals surface area contributed by atoms with Crippen molar-refractivity contribution in [1.82, 2.24) is 15.0 Å². The highest BCUT2D eigenvalue weighted by Crippen LogP contribution is 2.29. The first-order valence-corrected chi connectivity index (χ1v) is 7.87. The molecule has 120 valence electrons. The third kappa shape index (κ3) is 2.96. The van der Waals surface area contributed by atoms with Crippen LogP contribution in [0.25, 0.3) is 0 Å². The third-order valence-corrected chi connectivity index (χ3v) is 4.10. The maximum Gasteiger partial charge on any atom is 0.229 e. The van der Waals surface area contributed by atoms with Crippen molar-refractivity contribution in [2.24, 2.45) is 0 Å². The number of fused-ring (bicyclic) bond motifs is 6. The fourth-order valence-corrected chi connectivity index (χ4v) is 2.75. The molecule has 0 radical (unpaired) electrons. The Bertz CT molecular complexity index is 915. The van der Waals surface area contributed by atoms with Crippen LogP contribution in [-0.2, 0) is 12.8 Å². The first-order chi connectivity index (χ1) is 11.7. The van der Waals surface area contributed by atoms with E-state index in [1.165, 1.54) is 6.20 Å². The van der Waals surface area contributed by atoms with Gasteiger partial charge >= 0.3 is 0 Å². The van der Waals surface area contributed by atoms with Crippen LogP contribution in [0.2, 0.25) is 5.02 Å². The van der Waals surface area contributed by atoms with Gasteiger partial charge in [0.05, 0.1) is 18.1 Å². The lowest BCUT2D eigenvalue weighted by Gasteiger charge is -2.11. The topological polar surface area (TPSA) is 83.0 Å². The van der Waals surface area contributed by atoms with E-state index >= 15 is 0 Å². The van der Waals surface area contributed by atoms with Gasteiger partial charge in [-0.05, 0) is 48.2 Å². The molecule has 0 saturated heterocycles. The first-order valence-electron chi connectivity index (χ1n) is 7.50. The Morgan fingerprint density at radius 2 is 1.92 bits per heavy atom. The van der Waals surface area contributed by atoms with Gasteiger partial charge in [-0.25, -0.2) is 4.98 Å². The summed E-state index contributed by atoms with van der Waals surface area (Å²) in [5.74, 6) is 1.19. The molecule has 6 bridgehead atoms. The van der Waals surface area contributed by atoms with Crippen LogP contribution in [0.1, 0.15) is 11.1 Å². The molecule has 0 unspecified atom stereocenters. The maximum atomic E-state index is 10.1. The summed E-state index contributed by atoms with van der Waals surface area (Å²) >= 11 is 6.19. The number of rotatable bonds is 0. The molecule has 1 aromatic carbocycles. The van der Waals surface area contributed by atoms with Gasteiger partial charge in [-0.3, -0.25) is 4.98 Å². The number of nitrogens with zero attached hydrogens (tertiary/aromatic N) is 3. The molecule has 0 spiro atoms. The number of nitrogens with one attached hydrogen (secondary N) is 2. The van der Waals surface area contributed by atoms with Gasteiger partial charge in [-0.2, -0.15) is 4.98 Å². The van der Waals surface area contributed by atoms with Gasteiger partial charge in [0.2, 0.25) is 5.95 Å². The van der Waals surface area contributed by atoms with Gasteiger partial charge < -0.3 is 15.7 Å². The highest BCUT2D eigenvalue weighted by molar-refractivity contribution is 6.32. The number of hydrogen-bond donors (Lipinski definition) is 3. The van der Waals surface area contributed by atoms with Gasteiger partial charge in [-0.1, -0.05) is 11.6 Å². The summed E-state index contributed by atoms with van der Waals surface area (Å²) in [4.78, 5) is 12.9. The van der Waals surface area contributed by atoms with Crippen molar-refractivity contribution < 1.29 is 5.11 Å². The fourth-order valence-electron chi connectivity index (χ4n) is 2.62. The lowest BCUT2D eigenvalue weighted by atomic mass is 10.0. The van der Waals surface area contributed by atoms with E-state index in [1.807, 2.05) is 18.3 Å². The SMILES string of the molecule is Oc1ccc2cc1CCc1cncc(c1)Nc1ncc(Cl)c(n1)N2. The lowest BCUT2D eigenvalue weighted by Crippen LogP contribution is -2.01. The van der Waals surface area contributed by atoms with E-state index in [2.05, 4.69) is 25.6 Å². The van der Waals surface area contributed by atoms with E-state index in [4.69, 9.17) is 11.6 Å². The molecule has 1 aliphatic heterocycles. The maximum absolute atomic E-state index is 10.1. The van der Waals surface area contributed by atoms with E-state index in [9.17, 15) is 5.11 Å². The highest BCUT2D eigenvalue weighted by atomic mass is 35.5. The molecular weight excluding hydrogens is 326 g/mol. The number of pyridine rings is 1. The Hall–Kier alpha value is -2.86. The van der Waals surface area contributed by atoms with E-state index in [-0.39, 0.29) is 5.75 Å². The van der Waals surface area contributed by atoms with Crippen molar-refractivity contribution in [3.05, 3.63) is 59.0 Å². The zero-order valence-corrected chi connectivity index (χ0v) is 13.4. The number of halogens is 1. The molecule has 24 heavy (non-hydrogen) atoms. The second kappa shape index (κ2) is 5.98. The molecule has 4 rings (SSSR count). The Labute approximate surface area is 143 Å². The van der Waals surface area contributed by atoms with Crippen LogP contribution in [0, 0.1) is 0 Å². The molecule has 3 heterocycles. The van der Waals surface area contributed by atoms with Gasteiger partial charge in [0.15, 0.2) is 5.82 Å². The minimum absolute atomic E-state index is 0.270. The Morgan fingerprint density at radius 1 is 1.00 bits per heavy atom. The minimum Gasteiger partial charge on any atom is -0.508 e. The molecule has 7 heteroatoms. The monoisotopic (exact) mass is 339 g/mol. The van der Waals surface area contributed by atoms with Crippen molar-refractivity contribution in [1.29, 1.82) is 0 Å². The van der Waals surface area contributed by atoms with Crippen LogP contribution in [0.5, 0.6) is 5.75 Å². The Morgan fingerprint density at radius 3 is 2.83 bits per heavy atom. The van der Waals surface area contributed by atoms with Gasteiger partial charge in [0, 0.05) is 11.9 Å². The molecule has 0 saturated carbocycles. The standard InChI is InChI=1S/C17H14ClN5O/c18-14-9-20-17-22-13-5-10(7-19-8-13)1-2-11-6-12(3-4-15(11)24)21-16(14)23-17/h3-9,24H,1-2H2,(H2,20,21,22,23). The zero-order valence-electron chi connectivity index (χ0n) is 12.6. The summed E-state index contributed by atoms with van der Waals surface area (Å²) in [6.07, 6.45) is 6.53. The molecular formula is C17H14ClN5O. The second-order valence-electron chi connectivity index (χ2n) is 5.57. The smallest absolute Gasteiger partial charge is 0.229 e. The van der Waals surface area contributed by atoms with E-state index in [1.54, 1.807) is 18.3 Å². The number of phenolic OH excluding ortho intramolecular Hbond substituents is 1. The number of aryl methyl sites for hydroxylation is 2. The van der Waals surface area contributed by atoms with Crippen molar-refractivity contribution >= 4 is 34.7 Å². The molecule has 2 aromatic heterocycles. The number of hydrogen-bond acceptors (Lipinski definition) is 6. The number of aromatic nitrogens is 3. The first kappa shape index (κ1) is 14.7. The van der Waals surface area contributed by atoms with Crippen LogP contribution >= 0.6 is 11.6 Å². The van der Waals surface area contributed by atoms with Crippen LogP contribution in [0.15, 0.2) is 42.9 Å². The van der Waals surface area contributed by atoms with Crippen LogP contribution < -0.4 is 10.6 Å². The molecule has 1 aliphatic rings. The molecule has 6 nitrogen and oxygen atoms in total. The Balaban J connectivity index is 1.84. The average molecular weight is 340 g/mol. The lowest BCUT2D eigenvalue weighted by molar-refractivity contribution is 0.468. The molecule has 0 fully saturated rings. The van der Waals surface area contributed by atoms with Crippen molar-refractivity contribution in [2.75, 3.05) is 10.6 Å². The van der Waals surface area contributed by atoms with Crippen LogP contribution in [-0.4, -0.2) is 20.1 Å². The highest BCUT2D eigenvalue weighted by Gasteiger charge is 2.11. The fraction of sp³-hybridized carbons (Fsp3) is 0.118. The predicted octanol–water partition coefficient (Wildman–Crippen LogP) is 3.82. The Kier molecular flexibility index (Phi) is 3.66. The van der Waals surface area contributed by atoms with Crippen molar-refractivity contribution in [3.63, 3.8) is 0 Å². The van der Waals surface area contributed by atoms with Gasteiger partial charge in [0.1, 0.15) is 10.8 Å². The number of phenols is 1. The zero-order chi connectivity index (χ0) is 16.5. The van der Waals surface area contributed by atoms with Crippen LogP contribution in [0.4, 0.5) is 23.1 Å².